The van der Waals surface area contributed by atoms with E-state index in [0.717, 1.165) is 25.4 Å². The van der Waals surface area contributed by atoms with E-state index in [-0.39, 0.29) is 6.04 Å². The first-order chi connectivity index (χ1) is 8.58. The van der Waals surface area contributed by atoms with E-state index in [2.05, 4.69) is 56.9 Å². The molecule has 18 heavy (non-hydrogen) atoms. The summed E-state index contributed by atoms with van der Waals surface area (Å²) in [4.78, 5) is 2.35. The predicted octanol–water partition coefficient (Wildman–Crippen LogP) is 3.97. The summed E-state index contributed by atoms with van der Waals surface area (Å²) in [7, 11) is 0. The van der Waals surface area contributed by atoms with Gasteiger partial charge >= 0.3 is 0 Å². The third-order valence-corrected chi connectivity index (χ3v) is 3.50. The monoisotopic (exact) mass is 248 g/mol. The van der Waals surface area contributed by atoms with Gasteiger partial charge in [-0.3, -0.25) is 0 Å². The van der Waals surface area contributed by atoms with E-state index in [4.69, 9.17) is 5.73 Å². The maximum atomic E-state index is 6.22. The zero-order chi connectivity index (χ0) is 13.5. The second kappa shape index (κ2) is 7.42. The highest BCUT2D eigenvalue weighted by molar-refractivity contribution is 5.47. The Balaban J connectivity index is 2.64. The van der Waals surface area contributed by atoms with Crippen molar-refractivity contribution >= 4 is 5.69 Å². The highest BCUT2D eigenvalue weighted by Crippen LogP contribution is 2.22. The predicted molar refractivity (Wildman–Crippen MR) is 81.0 cm³/mol. The lowest BCUT2D eigenvalue weighted by Crippen LogP contribution is -2.21. The smallest absolute Gasteiger partial charge is 0.0366 e. The van der Waals surface area contributed by atoms with Gasteiger partial charge in [0, 0.05) is 24.8 Å². The molecule has 0 fully saturated rings. The summed E-state index contributed by atoms with van der Waals surface area (Å²) in [6.07, 6.45) is 2.27. The lowest BCUT2D eigenvalue weighted by Gasteiger charge is -2.22. The van der Waals surface area contributed by atoms with Crippen LogP contribution in [0.2, 0.25) is 0 Å². The van der Waals surface area contributed by atoms with Crippen molar-refractivity contribution in [2.75, 3.05) is 18.0 Å². The quantitative estimate of drug-likeness (QED) is 0.791. The molecule has 102 valence electrons. The summed E-state index contributed by atoms with van der Waals surface area (Å²) in [6.45, 7) is 11.0. The molecule has 0 radical (unpaired) electrons. The SMILES string of the molecule is CCN(CC)c1ccc([C@H](N)CCC(C)C)cc1. The first kappa shape index (κ1) is 15.0. The van der Waals surface area contributed by atoms with Gasteiger partial charge in [0.25, 0.3) is 0 Å². The van der Waals surface area contributed by atoms with Crippen molar-refractivity contribution in [2.24, 2.45) is 11.7 Å². The fourth-order valence-electron chi connectivity index (χ4n) is 2.20. The Hall–Kier alpha value is -1.02. The van der Waals surface area contributed by atoms with Gasteiger partial charge in [0.15, 0.2) is 0 Å². The molecule has 2 heteroatoms. The van der Waals surface area contributed by atoms with E-state index in [1.807, 2.05) is 0 Å². The second-order valence-corrected chi connectivity index (χ2v) is 5.34. The van der Waals surface area contributed by atoms with E-state index in [1.165, 1.54) is 17.7 Å². The highest BCUT2D eigenvalue weighted by atomic mass is 15.1. The minimum absolute atomic E-state index is 0.179. The molecule has 0 amide bonds. The van der Waals surface area contributed by atoms with Crippen LogP contribution in [0.4, 0.5) is 5.69 Å². The summed E-state index contributed by atoms with van der Waals surface area (Å²) >= 11 is 0. The van der Waals surface area contributed by atoms with Gasteiger partial charge in [0.05, 0.1) is 0 Å². The minimum Gasteiger partial charge on any atom is -0.372 e. The Morgan fingerprint density at radius 3 is 2.00 bits per heavy atom. The molecule has 0 aliphatic carbocycles. The van der Waals surface area contributed by atoms with E-state index in [0.29, 0.717) is 0 Å². The maximum Gasteiger partial charge on any atom is 0.0366 e. The van der Waals surface area contributed by atoms with Gasteiger partial charge in [-0.25, -0.2) is 0 Å². The molecular weight excluding hydrogens is 220 g/mol. The fourth-order valence-corrected chi connectivity index (χ4v) is 2.20. The second-order valence-electron chi connectivity index (χ2n) is 5.34. The summed E-state index contributed by atoms with van der Waals surface area (Å²) in [5, 5.41) is 0. The Bertz CT molecular complexity index is 325. The molecule has 0 aliphatic rings. The number of hydrogen-bond donors (Lipinski definition) is 1. The molecule has 0 saturated heterocycles. The number of hydrogen-bond acceptors (Lipinski definition) is 2. The zero-order valence-corrected chi connectivity index (χ0v) is 12.3. The van der Waals surface area contributed by atoms with Crippen molar-refractivity contribution < 1.29 is 0 Å². The summed E-state index contributed by atoms with van der Waals surface area (Å²) in [5.74, 6) is 0.728. The molecule has 1 rings (SSSR count). The normalized spacial score (nSPS) is 12.8. The van der Waals surface area contributed by atoms with Crippen LogP contribution in [0.1, 0.15) is 52.1 Å². The van der Waals surface area contributed by atoms with Crippen molar-refractivity contribution in [2.45, 2.75) is 46.6 Å². The number of anilines is 1. The molecule has 0 unspecified atom stereocenters. The van der Waals surface area contributed by atoms with Crippen LogP contribution in [0.3, 0.4) is 0 Å². The molecular formula is C16H28N2. The summed E-state index contributed by atoms with van der Waals surface area (Å²) in [5.41, 5.74) is 8.77. The van der Waals surface area contributed by atoms with E-state index in [1.54, 1.807) is 0 Å². The van der Waals surface area contributed by atoms with Gasteiger partial charge in [0.1, 0.15) is 0 Å². The lowest BCUT2D eigenvalue weighted by molar-refractivity contribution is 0.507. The molecule has 1 aromatic rings. The lowest BCUT2D eigenvalue weighted by atomic mass is 9.98. The number of rotatable bonds is 7. The van der Waals surface area contributed by atoms with E-state index < -0.39 is 0 Å². The van der Waals surface area contributed by atoms with Gasteiger partial charge in [-0.2, -0.15) is 0 Å². The van der Waals surface area contributed by atoms with Crippen molar-refractivity contribution in [3.63, 3.8) is 0 Å². The van der Waals surface area contributed by atoms with Crippen LogP contribution in [-0.4, -0.2) is 13.1 Å². The van der Waals surface area contributed by atoms with Gasteiger partial charge in [0.2, 0.25) is 0 Å². The van der Waals surface area contributed by atoms with Gasteiger partial charge in [-0.15, -0.1) is 0 Å². The third kappa shape index (κ3) is 4.34. The van der Waals surface area contributed by atoms with Crippen LogP contribution in [-0.2, 0) is 0 Å². The van der Waals surface area contributed by atoms with E-state index in [9.17, 15) is 0 Å². The molecule has 0 aromatic heterocycles. The molecule has 2 nitrogen and oxygen atoms in total. The summed E-state index contributed by atoms with van der Waals surface area (Å²) < 4.78 is 0. The highest BCUT2D eigenvalue weighted by Gasteiger charge is 2.08. The average Bonchev–Trinajstić information content (AvgIpc) is 2.38. The molecule has 1 aromatic carbocycles. The van der Waals surface area contributed by atoms with Gasteiger partial charge in [-0.05, 0) is 50.3 Å². The molecule has 2 N–H and O–H groups in total. The number of nitrogens with two attached hydrogens (primary N) is 1. The number of nitrogens with zero attached hydrogens (tertiary/aromatic N) is 1. The Kier molecular flexibility index (Phi) is 6.20. The van der Waals surface area contributed by atoms with Gasteiger partial charge < -0.3 is 10.6 Å². The molecule has 1 atom stereocenters. The minimum atomic E-state index is 0.179. The largest absolute Gasteiger partial charge is 0.372 e. The zero-order valence-electron chi connectivity index (χ0n) is 12.3. The van der Waals surface area contributed by atoms with Gasteiger partial charge in [-0.1, -0.05) is 26.0 Å². The maximum absolute atomic E-state index is 6.22. The first-order valence-corrected chi connectivity index (χ1v) is 7.18. The fraction of sp³-hybridized carbons (Fsp3) is 0.625. The Morgan fingerprint density at radius 1 is 1.00 bits per heavy atom. The van der Waals surface area contributed by atoms with E-state index >= 15 is 0 Å². The van der Waals surface area contributed by atoms with Crippen LogP contribution in [0.15, 0.2) is 24.3 Å². The molecule has 0 heterocycles. The van der Waals surface area contributed by atoms with Crippen molar-refractivity contribution in [3.05, 3.63) is 29.8 Å². The van der Waals surface area contributed by atoms with Crippen LogP contribution in [0.5, 0.6) is 0 Å². The van der Waals surface area contributed by atoms with Crippen molar-refractivity contribution in [3.8, 4) is 0 Å². The number of benzene rings is 1. The standard InChI is InChI=1S/C16H28N2/c1-5-18(6-2)15-10-8-14(9-11-15)16(17)12-7-13(3)4/h8-11,13,16H,5-7,12,17H2,1-4H3/t16-/m1/s1. The van der Waals surface area contributed by atoms with Crippen molar-refractivity contribution in [1.29, 1.82) is 0 Å². The molecule has 0 saturated carbocycles. The van der Waals surface area contributed by atoms with Crippen molar-refractivity contribution in [1.82, 2.24) is 0 Å². The van der Waals surface area contributed by atoms with Crippen LogP contribution >= 0.6 is 0 Å². The van der Waals surface area contributed by atoms with Crippen LogP contribution in [0.25, 0.3) is 0 Å². The molecule has 0 spiro atoms. The Morgan fingerprint density at radius 2 is 1.56 bits per heavy atom. The molecule has 0 aliphatic heterocycles. The Labute approximate surface area is 112 Å². The molecule has 0 bridgehead atoms. The topological polar surface area (TPSA) is 29.3 Å². The van der Waals surface area contributed by atoms with Crippen LogP contribution < -0.4 is 10.6 Å². The average molecular weight is 248 g/mol. The first-order valence-electron chi connectivity index (χ1n) is 7.18. The van der Waals surface area contributed by atoms with Crippen LogP contribution in [0, 0.1) is 5.92 Å². The third-order valence-electron chi connectivity index (χ3n) is 3.50. The summed E-state index contributed by atoms with van der Waals surface area (Å²) in [6, 6.07) is 8.92.